The van der Waals surface area contributed by atoms with Gasteiger partial charge in [-0.3, -0.25) is 0 Å². The van der Waals surface area contributed by atoms with Gasteiger partial charge in [0.15, 0.2) is 0 Å². The van der Waals surface area contributed by atoms with E-state index in [1.165, 1.54) is 29.7 Å². The van der Waals surface area contributed by atoms with Gasteiger partial charge in [0.05, 0.1) is 0 Å². The minimum Gasteiger partial charge on any atom is -0.508 e. The van der Waals surface area contributed by atoms with Gasteiger partial charge in [0.2, 0.25) is 0 Å². The molecule has 13 heavy (non-hydrogen) atoms. The molecule has 0 saturated carbocycles. The van der Waals surface area contributed by atoms with E-state index in [0.29, 0.717) is 11.3 Å². The molecule has 0 unspecified atom stereocenters. The van der Waals surface area contributed by atoms with Crippen LogP contribution in [0.5, 0.6) is 11.5 Å². The van der Waals surface area contributed by atoms with Gasteiger partial charge in [0.25, 0.3) is 0 Å². The zero-order chi connectivity index (χ0) is 9.26. The van der Waals surface area contributed by atoms with Gasteiger partial charge in [-0.25, -0.2) is 0 Å². The smallest absolute Gasteiger partial charge is 0.125 e. The fourth-order valence-corrected chi connectivity index (χ4v) is 1.47. The molecular formula is C8H6N2O2S. The first-order valence-electron chi connectivity index (χ1n) is 3.57. The van der Waals surface area contributed by atoms with Crippen molar-refractivity contribution < 1.29 is 10.2 Å². The summed E-state index contributed by atoms with van der Waals surface area (Å²) >= 11 is 1.20. The lowest BCUT2D eigenvalue weighted by atomic mass is 10.1. The van der Waals surface area contributed by atoms with Gasteiger partial charge in [-0.05, 0) is 29.7 Å². The Kier molecular flexibility index (Phi) is 1.86. The summed E-state index contributed by atoms with van der Waals surface area (Å²) in [7, 11) is 0. The van der Waals surface area contributed by atoms with E-state index in [2.05, 4.69) is 9.59 Å². The second-order valence-electron chi connectivity index (χ2n) is 2.49. The summed E-state index contributed by atoms with van der Waals surface area (Å²) in [6, 6.07) is 4.29. The van der Waals surface area contributed by atoms with Crippen molar-refractivity contribution in [2.75, 3.05) is 0 Å². The van der Waals surface area contributed by atoms with E-state index in [4.69, 9.17) is 0 Å². The third kappa shape index (κ3) is 1.46. The zero-order valence-corrected chi connectivity index (χ0v) is 7.32. The molecule has 0 spiro atoms. The van der Waals surface area contributed by atoms with Gasteiger partial charge in [0, 0.05) is 10.9 Å². The van der Waals surface area contributed by atoms with Crippen molar-refractivity contribution in [1.29, 1.82) is 0 Å². The minimum absolute atomic E-state index is 0.0884. The predicted octanol–water partition coefficient (Wildman–Crippen LogP) is 1.62. The molecule has 66 valence electrons. The lowest BCUT2D eigenvalue weighted by Gasteiger charge is -2.00. The number of aromatic nitrogens is 2. The van der Waals surface area contributed by atoms with Crippen LogP contribution in [0.4, 0.5) is 0 Å². The van der Waals surface area contributed by atoms with Crippen LogP contribution < -0.4 is 0 Å². The molecule has 0 aliphatic rings. The van der Waals surface area contributed by atoms with E-state index in [0.717, 1.165) is 0 Å². The first-order valence-corrected chi connectivity index (χ1v) is 4.40. The van der Waals surface area contributed by atoms with Crippen LogP contribution in [0.1, 0.15) is 0 Å². The van der Waals surface area contributed by atoms with Crippen LogP contribution >= 0.6 is 11.5 Å². The maximum Gasteiger partial charge on any atom is 0.125 e. The highest BCUT2D eigenvalue weighted by Gasteiger charge is 2.07. The van der Waals surface area contributed by atoms with E-state index < -0.39 is 0 Å². The molecule has 0 radical (unpaired) electrons. The first kappa shape index (κ1) is 8.00. The summed E-state index contributed by atoms with van der Waals surface area (Å²) < 4.78 is 3.67. The standard InChI is InChI=1S/C8H6N2O2S/c11-5-1-2-8(12)6(3-5)7-4-13-10-9-7/h1-4,11-12H. The van der Waals surface area contributed by atoms with Gasteiger partial charge in [-0.2, -0.15) is 0 Å². The summed E-state index contributed by atoms with van der Waals surface area (Å²) in [5.74, 6) is 0.186. The molecule has 0 atom stereocenters. The van der Waals surface area contributed by atoms with Gasteiger partial charge in [-0.15, -0.1) is 5.10 Å². The van der Waals surface area contributed by atoms with Crippen LogP contribution in [-0.4, -0.2) is 19.8 Å². The lowest BCUT2D eigenvalue weighted by Crippen LogP contribution is -1.79. The summed E-state index contributed by atoms with van der Waals surface area (Å²) in [4.78, 5) is 0. The highest BCUT2D eigenvalue weighted by atomic mass is 32.1. The number of rotatable bonds is 1. The zero-order valence-electron chi connectivity index (χ0n) is 6.51. The Morgan fingerprint density at radius 1 is 1.23 bits per heavy atom. The summed E-state index contributed by atoms with van der Waals surface area (Å²) in [6.45, 7) is 0. The molecule has 0 saturated heterocycles. The van der Waals surface area contributed by atoms with Gasteiger partial charge < -0.3 is 10.2 Å². The van der Waals surface area contributed by atoms with Crippen LogP contribution in [0.25, 0.3) is 11.3 Å². The number of aromatic hydroxyl groups is 2. The molecule has 1 aromatic heterocycles. The molecule has 0 aliphatic carbocycles. The average Bonchev–Trinajstić information content (AvgIpc) is 2.61. The lowest BCUT2D eigenvalue weighted by molar-refractivity contribution is 0.461. The number of phenols is 2. The Hall–Kier alpha value is -1.62. The third-order valence-corrected chi connectivity index (χ3v) is 2.12. The molecule has 2 N–H and O–H groups in total. The van der Waals surface area contributed by atoms with E-state index in [9.17, 15) is 10.2 Å². The number of nitrogens with zero attached hydrogens (tertiary/aromatic N) is 2. The fourth-order valence-electron chi connectivity index (χ4n) is 1.01. The Balaban J connectivity index is 2.57. The number of benzene rings is 1. The molecule has 0 fully saturated rings. The summed E-state index contributed by atoms with van der Waals surface area (Å²) in [5, 5.41) is 24.1. The minimum atomic E-state index is 0.0884. The van der Waals surface area contributed by atoms with Gasteiger partial charge >= 0.3 is 0 Å². The Morgan fingerprint density at radius 2 is 2.08 bits per heavy atom. The molecule has 1 heterocycles. The van der Waals surface area contributed by atoms with E-state index in [1.54, 1.807) is 5.38 Å². The summed E-state index contributed by atoms with van der Waals surface area (Å²) in [5.41, 5.74) is 1.06. The largest absolute Gasteiger partial charge is 0.508 e. The van der Waals surface area contributed by atoms with Crippen molar-refractivity contribution in [3.63, 3.8) is 0 Å². The topological polar surface area (TPSA) is 66.2 Å². The second-order valence-corrected chi connectivity index (χ2v) is 3.10. The maximum absolute atomic E-state index is 9.43. The summed E-state index contributed by atoms with van der Waals surface area (Å²) in [6.07, 6.45) is 0. The normalized spacial score (nSPS) is 10.2. The Labute approximate surface area is 78.3 Å². The van der Waals surface area contributed by atoms with Crippen molar-refractivity contribution in [3.05, 3.63) is 23.6 Å². The van der Waals surface area contributed by atoms with Crippen LogP contribution in [0.15, 0.2) is 23.6 Å². The van der Waals surface area contributed by atoms with E-state index in [1.807, 2.05) is 0 Å². The quantitative estimate of drug-likeness (QED) is 0.677. The highest BCUT2D eigenvalue weighted by molar-refractivity contribution is 7.03. The van der Waals surface area contributed by atoms with E-state index >= 15 is 0 Å². The van der Waals surface area contributed by atoms with Crippen molar-refractivity contribution in [2.45, 2.75) is 0 Å². The SMILES string of the molecule is Oc1ccc(O)c(-c2csnn2)c1. The van der Waals surface area contributed by atoms with Crippen molar-refractivity contribution in [3.8, 4) is 22.8 Å². The second kappa shape index (κ2) is 3.02. The fraction of sp³-hybridized carbons (Fsp3) is 0. The van der Waals surface area contributed by atoms with Crippen LogP contribution in [-0.2, 0) is 0 Å². The molecule has 0 amide bonds. The number of hydrogen-bond donors (Lipinski definition) is 2. The molecule has 0 bridgehead atoms. The molecule has 2 rings (SSSR count). The maximum atomic E-state index is 9.43. The number of hydrogen-bond acceptors (Lipinski definition) is 5. The highest BCUT2D eigenvalue weighted by Crippen LogP contribution is 2.30. The third-order valence-electron chi connectivity index (χ3n) is 1.62. The number of phenolic OH excluding ortho intramolecular Hbond substituents is 2. The van der Waals surface area contributed by atoms with Crippen molar-refractivity contribution in [1.82, 2.24) is 9.59 Å². The van der Waals surface area contributed by atoms with Crippen molar-refractivity contribution in [2.24, 2.45) is 0 Å². The van der Waals surface area contributed by atoms with Gasteiger partial charge in [-0.1, -0.05) is 4.49 Å². The van der Waals surface area contributed by atoms with E-state index in [-0.39, 0.29) is 11.5 Å². The monoisotopic (exact) mass is 194 g/mol. The average molecular weight is 194 g/mol. The Morgan fingerprint density at radius 3 is 2.77 bits per heavy atom. The van der Waals surface area contributed by atoms with Gasteiger partial charge in [0.1, 0.15) is 17.2 Å². The first-order chi connectivity index (χ1) is 6.27. The van der Waals surface area contributed by atoms with Crippen LogP contribution in [0.3, 0.4) is 0 Å². The van der Waals surface area contributed by atoms with Crippen LogP contribution in [0.2, 0.25) is 0 Å². The molecule has 1 aromatic carbocycles. The molecular weight excluding hydrogens is 188 g/mol. The molecule has 4 nitrogen and oxygen atoms in total. The molecule has 2 aromatic rings. The predicted molar refractivity (Wildman–Crippen MR) is 48.7 cm³/mol. The molecule has 0 aliphatic heterocycles. The Bertz CT molecular complexity index is 414. The molecule has 5 heteroatoms. The van der Waals surface area contributed by atoms with Crippen LogP contribution in [0, 0.1) is 0 Å². The van der Waals surface area contributed by atoms with Crippen molar-refractivity contribution >= 4 is 11.5 Å².